The zero-order valence-corrected chi connectivity index (χ0v) is 17.0. The Balaban J connectivity index is 1.72. The Kier molecular flexibility index (Phi) is 9.76. The van der Waals surface area contributed by atoms with E-state index in [-0.39, 0.29) is 12.5 Å². The van der Waals surface area contributed by atoms with Crippen molar-refractivity contribution in [3.8, 4) is 11.5 Å². The first-order chi connectivity index (χ1) is 13.7. The van der Waals surface area contributed by atoms with Gasteiger partial charge in [-0.2, -0.15) is 0 Å². The van der Waals surface area contributed by atoms with Crippen LogP contribution in [0.1, 0.15) is 46.0 Å². The summed E-state index contributed by atoms with van der Waals surface area (Å²) in [7, 11) is 0. The maximum absolute atomic E-state index is 12.1. The summed E-state index contributed by atoms with van der Waals surface area (Å²) in [6, 6.07) is 15.1. The lowest BCUT2D eigenvalue weighted by Crippen LogP contribution is -2.21. The van der Waals surface area contributed by atoms with E-state index in [2.05, 4.69) is 17.6 Å². The topological polar surface area (TPSA) is 59.6 Å². The second kappa shape index (κ2) is 12.7. The van der Waals surface area contributed by atoms with E-state index < -0.39 is 0 Å². The normalized spacial score (nSPS) is 10.4. The smallest absolute Gasteiger partial charge is 0.243 e. The summed E-state index contributed by atoms with van der Waals surface area (Å²) in [6.45, 7) is 5.69. The summed E-state index contributed by atoms with van der Waals surface area (Å²) in [5.74, 6) is 1.51. The molecular weight excluding hydrogens is 352 g/mol. The van der Waals surface area contributed by atoms with E-state index >= 15 is 0 Å². The molecule has 0 radical (unpaired) electrons. The van der Waals surface area contributed by atoms with Gasteiger partial charge in [0, 0.05) is 17.4 Å². The molecule has 0 aliphatic heterocycles. The number of hydrogen-bond donors (Lipinski definition) is 2. The monoisotopic (exact) mass is 384 g/mol. The van der Waals surface area contributed by atoms with Crippen molar-refractivity contribution in [3.05, 3.63) is 48.5 Å². The van der Waals surface area contributed by atoms with E-state index in [9.17, 15) is 4.79 Å². The highest BCUT2D eigenvalue weighted by Crippen LogP contribution is 2.18. The molecule has 0 aliphatic rings. The Hall–Kier alpha value is -2.69. The van der Waals surface area contributed by atoms with Gasteiger partial charge >= 0.3 is 0 Å². The van der Waals surface area contributed by atoms with Crippen molar-refractivity contribution in [2.24, 2.45) is 0 Å². The van der Waals surface area contributed by atoms with Crippen molar-refractivity contribution in [2.75, 3.05) is 30.4 Å². The number of anilines is 2. The third kappa shape index (κ3) is 8.33. The van der Waals surface area contributed by atoms with Crippen LogP contribution in [0.2, 0.25) is 0 Å². The van der Waals surface area contributed by atoms with Gasteiger partial charge in [0.25, 0.3) is 0 Å². The molecule has 2 aromatic carbocycles. The highest BCUT2D eigenvalue weighted by atomic mass is 16.5. The zero-order chi connectivity index (χ0) is 20.0. The van der Waals surface area contributed by atoms with E-state index in [0.29, 0.717) is 6.61 Å². The number of unbranched alkanes of at least 4 members (excludes halogenated alkanes) is 4. The van der Waals surface area contributed by atoms with Crippen LogP contribution in [-0.4, -0.2) is 25.7 Å². The number of ether oxygens (including phenoxy) is 2. The quantitative estimate of drug-likeness (QED) is 0.449. The first kappa shape index (κ1) is 21.6. The van der Waals surface area contributed by atoms with Crippen molar-refractivity contribution >= 4 is 17.3 Å². The van der Waals surface area contributed by atoms with Gasteiger partial charge in [-0.25, -0.2) is 0 Å². The average molecular weight is 385 g/mol. The fourth-order valence-electron chi connectivity index (χ4n) is 2.78. The zero-order valence-electron chi connectivity index (χ0n) is 17.0. The van der Waals surface area contributed by atoms with Crippen LogP contribution in [0.3, 0.4) is 0 Å². The van der Waals surface area contributed by atoms with Gasteiger partial charge in [-0.15, -0.1) is 0 Å². The average Bonchev–Trinajstić information content (AvgIpc) is 2.71. The van der Waals surface area contributed by atoms with Crippen LogP contribution in [0.4, 0.5) is 11.4 Å². The van der Waals surface area contributed by atoms with Gasteiger partial charge in [-0.05, 0) is 49.7 Å². The van der Waals surface area contributed by atoms with E-state index in [1.54, 1.807) is 0 Å². The second-order valence-electron chi connectivity index (χ2n) is 6.65. The molecule has 0 saturated carbocycles. The molecular formula is C23H32N2O3. The summed E-state index contributed by atoms with van der Waals surface area (Å²) >= 11 is 0. The summed E-state index contributed by atoms with van der Waals surface area (Å²) in [4.78, 5) is 12.1. The fraction of sp³-hybridized carbons (Fsp3) is 0.435. The fourth-order valence-corrected chi connectivity index (χ4v) is 2.78. The van der Waals surface area contributed by atoms with Gasteiger partial charge in [0.2, 0.25) is 5.91 Å². The van der Waals surface area contributed by atoms with Crippen LogP contribution < -0.4 is 20.1 Å². The van der Waals surface area contributed by atoms with Crippen LogP contribution in [0.25, 0.3) is 0 Å². The standard InChI is InChI=1S/C23H32N2O3/c1-3-5-6-7-8-16-28-22-11-9-10-20(17-22)24-18-23(26)25-19-12-14-21(15-13-19)27-4-2/h9-15,17,24H,3-8,16,18H2,1-2H3,(H,25,26). The number of carbonyl (C=O) groups excluding carboxylic acids is 1. The molecule has 2 rings (SSSR count). The molecule has 0 spiro atoms. The van der Waals surface area contributed by atoms with Crippen molar-refractivity contribution in [1.82, 2.24) is 0 Å². The van der Waals surface area contributed by atoms with Crippen LogP contribution >= 0.6 is 0 Å². The maximum Gasteiger partial charge on any atom is 0.243 e. The first-order valence-electron chi connectivity index (χ1n) is 10.2. The lowest BCUT2D eigenvalue weighted by Gasteiger charge is -2.11. The summed E-state index contributed by atoms with van der Waals surface area (Å²) in [5, 5.41) is 6.00. The van der Waals surface area contributed by atoms with Crippen LogP contribution in [0.15, 0.2) is 48.5 Å². The van der Waals surface area contributed by atoms with Gasteiger partial charge in [0.05, 0.1) is 19.8 Å². The van der Waals surface area contributed by atoms with Crippen molar-refractivity contribution in [3.63, 3.8) is 0 Å². The molecule has 5 nitrogen and oxygen atoms in total. The molecule has 2 aromatic rings. The molecule has 0 fully saturated rings. The molecule has 0 unspecified atom stereocenters. The molecule has 28 heavy (non-hydrogen) atoms. The molecule has 1 amide bonds. The van der Waals surface area contributed by atoms with E-state index in [0.717, 1.165) is 35.9 Å². The number of hydrogen-bond acceptors (Lipinski definition) is 4. The molecule has 0 aliphatic carbocycles. The maximum atomic E-state index is 12.1. The second-order valence-corrected chi connectivity index (χ2v) is 6.65. The molecule has 2 N–H and O–H groups in total. The summed E-state index contributed by atoms with van der Waals surface area (Å²) < 4.78 is 11.2. The summed E-state index contributed by atoms with van der Waals surface area (Å²) in [5.41, 5.74) is 1.61. The van der Waals surface area contributed by atoms with Crippen LogP contribution in [-0.2, 0) is 4.79 Å². The molecule has 0 heterocycles. The minimum atomic E-state index is -0.105. The lowest BCUT2D eigenvalue weighted by atomic mass is 10.2. The summed E-state index contributed by atoms with van der Waals surface area (Å²) in [6.07, 6.45) is 6.09. The Labute approximate surface area is 168 Å². The van der Waals surface area contributed by atoms with E-state index in [1.165, 1.54) is 25.7 Å². The van der Waals surface area contributed by atoms with Gasteiger partial charge < -0.3 is 20.1 Å². The van der Waals surface area contributed by atoms with Gasteiger partial charge in [0.15, 0.2) is 0 Å². The third-order valence-electron chi connectivity index (χ3n) is 4.25. The lowest BCUT2D eigenvalue weighted by molar-refractivity contribution is -0.114. The van der Waals surface area contributed by atoms with E-state index in [4.69, 9.17) is 9.47 Å². The first-order valence-corrected chi connectivity index (χ1v) is 10.2. The van der Waals surface area contributed by atoms with E-state index in [1.807, 2.05) is 55.5 Å². The number of rotatable bonds is 13. The minimum absolute atomic E-state index is 0.105. The number of benzene rings is 2. The molecule has 0 saturated heterocycles. The van der Waals surface area contributed by atoms with Gasteiger partial charge in [-0.3, -0.25) is 4.79 Å². The minimum Gasteiger partial charge on any atom is -0.494 e. The van der Waals surface area contributed by atoms with Gasteiger partial charge in [-0.1, -0.05) is 38.7 Å². The molecule has 152 valence electrons. The Bertz CT molecular complexity index is 701. The predicted molar refractivity (Wildman–Crippen MR) is 115 cm³/mol. The van der Waals surface area contributed by atoms with Crippen molar-refractivity contribution < 1.29 is 14.3 Å². The molecule has 5 heteroatoms. The SMILES string of the molecule is CCCCCCCOc1cccc(NCC(=O)Nc2ccc(OCC)cc2)c1. The Morgan fingerprint density at radius 3 is 2.39 bits per heavy atom. The number of carbonyl (C=O) groups is 1. The molecule has 0 bridgehead atoms. The predicted octanol–water partition coefficient (Wildman–Crippen LogP) is 5.49. The van der Waals surface area contributed by atoms with Crippen molar-refractivity contribution in [1.29, 1.82) is 0 Å². The highest BCUT2D eigenvalue weighted by molar-refractivity contribution is 5.93. The molecule has 0 aromatic heterocycles. The van der Waals surface area contributed by atoms with Gasteiger partial charge in [0.1, 0.15) is 11.5 Å². The van der Waals surface area contributed by atoms with Crippen LogP contribution in [0.5, 0.6) is 11.5 Å². The van der Waals surface area contributed by atoms with Crippen molar-refractivity contribution in [2.45, 2.75) is 46.0 Å². The molecule has 0 atom stereocenters. The Morgan fingerprint density at radius 2 is 1.64 bits per heavy atom. The largest absolute Gasteiger partial charge is 0.494 e. The Morgan fingerprint density at radius 1 is 0.857 bits per heavy atom. The van der Waals surface area contributed by atoms with Crippen LogP contribution in [0, 0.1) is 0 Å². The number of nitrogens with one attached hydrogen (secondary N) is 2. The highest BCUT2D eigenvalue weighted by Gasteiger charge is 2.04. The number of amides is 1. The third-order valence-corrected chi connectivity index (χ3v) is 4.25.